The van der Waals surface area contributed by atoms with Gasteiger partial charge in [-0.15, -0.1) is 0 Å². The molecule has 0 saturated heterocycles. The summed E-state index contributed by atoms with van der Waals surface area (Å²) >= 11 is 5.86. The van der Waals surface area contributed by atoms with Gasteiger partial charge in [0.05, 0.1) is 16.5 Å². The second kappa shape index (κ2) is 7.47. The van der Waals surface area contributed by atoms with Crippen molar-refractivity contribution in [3.63, 3.8) is 0 Å². The van der Waals surface area contributed by atoms with Crippen molar-refractivity contribution in [1.82, 2.24) is 10.2 Å². The molecule has 1 aliphatic rings. The van der Waals surface area contributed by atoms with Crippen LogP contribution in [0.5, 0.6) is 0 Å². The number of nitrogens with zero attached hydrogens (tertiary/aromatic N) is 2. The average molecular weight is 370 g/mol. The van der Waals surface area contributed by atoms with Crippen molar-refractivity contribution in [1.29, 1.82) is 0 Å². The first-order valence-electron chi connectivity index (χ1n) is 7.49. The van der Waals surface area contributed by atoms with Gasteiger partial charge in [-0.2, -0.15) is 0 Å². The van der Waals surface area contributed by atoms with Crippen molar-refractivity contribution in [3.8, 4) is 0 Å². The number of carboxylic acids is 1. The number of aliphatic carboxylic acids is 1. The van der Waals surface area contributed by atoms with Crippen LogP contribution < -0.4 is 5.32 Å². The van der Waals surface area contributed by atoms with Crippen LogP contribution in [-0.2, 0) is 9.59 Å². The van der Waals surface area contributed by atoms with Crippen molar-refractivity contribution in [2.45, 2.75) is 31.8 Å². The fourth-order valence-corrected chi connectivity index (χ4v) is 2.69. The van der Waals surface area contributed by atoms with Crippen LogP contribution in [0.15, 0.2) is 18.2 Å². The summed E-state index contributed by atoms with van der Waals surface area (Å²) in [7, 11) is 0. The average Bonchev–Trinajstić information content (AvgIpc) is 3.37. The van der Waals surface area contributed by atoms with Gasteiger partial charge in [0.2, 0.25) is 5.91 Å². The van der Waals surface area contributed by atoms with Crippen LogP contribution in [0.1, 0.15) is 30.1 Å². The Labute approximate surface area is 147 Å². The molecule has 10 heteroatoms. The molecular weight excluding hydrogens is 354 g/mol. The van der Waals surface area contributed by atoms with Crippen LogP contribution in [0.25, 0.3) is 0 Å². The second-order valence-corrected chi connectivity index (χ2v) is 6.03. The fraction of sp³-hybridized carbons (Fsp3) is 0.400. The normalized spacial score (nSPS) is 14.5. The molecule has 0 heterocycles. The highest BCUT2D eigenvalue weighted by Crippen LogP contribution is 2.29. The molecule has 2 rings (SSSR count). The number of hydrogen-bond acceptors (Lipinski definition) is 5. The Balaban J connectivity index is 2.10. The summed E-state index contributed by atoms with van der Waals surface area (Å²) < 4.78 is 0. The van der Waals surface area contributed by atoms with Crippen LogP contribution in [0.4, 0.5) is 5.69 Å². The number of benzene rings is 1. The molecule has 1 atom stereocenters. The van der Waals surface area contributed by atoms with E-state index in [0.29, 0.717) is 12.8 Å². The first-order chi connectivity index (χ1) is 11.7. The Kier molecular flexibility index (Phi) is 5.58. The van der Waals surface area contributed by atoms with Gasteiger partial charge in [0.1, 0.15) is 11.6 Å². The highest BCUT2D eigenvalue weighted by molar-refractivity contribution is 6.34. The zero-order valence-electron chi connectivity index (χ0n) is 13.3. The summed E-state index contributed by atoms with van der Waals surface area (Å²) in [6.45, 7) is 0.911. The lowest BCUT2D eigenvalue weighted by Gasteiger charge is -2.26. The molecule has 0 aromatic heterocycles. The van der Waals surface area contributed by atoms with E-state index >= 15 is 0 Å². The predicted octanol–water partition coefficient (Wildman–Crippen LogP) is 1.44. The van der Waals surface area contributed by atoms with Gasteiger partial charge >= 0.3 is 5.97 Å². The van der Waals surface area contributed by atoms with E-state index in [9.17, 15) is 24.5 Å². The molecule has 0 aliphatic heterocycles. The number of carbonyl (C=O) groups excluding carboxylic acids is 2. The van der Waals surface area contributed by atoms with Gasteiger partial charge in [-0.05, 0) is 25.8 Å². The highest BCUT2D eigenvalue weighted by Gasteiger charge is 2.38. The Hall–Kier alpha value is -2.68. The molecule has 9 nitrogen and oxygen atoms in total. The number of amides is 2. The maximum absolute atomic E-state index is 12.3. The quantitative estimate of drug-likeness (QED) is 0.552. The van der Waals surface area contributed by atoms with Crippen molar-refractivity contribution < 1.29 is 24.4 Å². The van der Waals surface area contributed by atoms with Crippen molar-refractivity contribution in [2.24, 2.45) is 0 Å². The number of hydrogen-bond donors (Lipinski definition) is 2. The van der Waals surface area contributed by atoms with E-state index in [1.165, 1.54) is 24.0 Å². The number of nitrogens with one attached hydrogen (secondary N) is 1. The van der Waals surface area contributed by atoms with Crippen molar-refractivity contribution >= 4 is 35.1 Å². The number of carbonyl (C=O) groups is 3. The summed E-state index contributed by atoms with van der Waals surface area (Å²) in [4.78, 5) is 47.1. The number of carboxylic acid groups (broad SMARTS) is 1. The van der Waals surface area contributed by atoms with Gasteiger partial charge in [-0.1, -0.05) is 17.7 Å². The third kappa shape index (κ3) is 4.24. The standard InChI is InChI=1S/C15H16ClN3O6/c1-8(15(22)23)18(9-5-6-9)12(20)7-17-14(21)13-10(16)3-2-4-11(13)19(24)25/h2-4,8-9H,5-7H2,1H3,(H,17,21)(H,22,23). The molecule has 0 spiro atoms. The zero-order chi connectivity index (χ0) is 18.7. The lowest BCUT2D eigenvalue weighted by molar-refractivity contribution is -0.385. The van der Waals surface area contributed by atoms with Crippen LogP contribution in [0.3, 0.4) is 0 Å². The van der Waals surface area contributed by atoms with Crippen LogP contribution >= 0.6 is 11.6 Å². The minimum atomic E-state index is -1.15. The molecule has 1 unspecified atom stereocenters. The molecule has 1 saturated carbocycles. The molecule has 1 aromatic carbocycles. The van der Waals surface area contributed by atoms with Crippen LogP contribution in [-0.4, -0.2) is 51.3 Å². The summed E-state index contributed by atoms with van der Waals surface area (Å²) in [5.41, 5.74) is -0.818. The van der Waals surface area contributed by atoms with Gasteiger partial charge < -0.3 is 15.3 Å². The van der Waals surface area contributed by atoms with E-state index in [2.05, 4.69) is 5.32 Å². The Morgan fingerprint density at radius 1 is 1.44 bits per heavy atom. The first-order valence-corrected chi connectivity index (χ1v) is 7.87. The largest absolute Gasteiger partial charge is 0.480 e. The summed E-state index contributed by atoms with van der Waals surface area (Å²) in [6.07, 6.45) is 1.40. The van der Waals surface area contributed by atoms with Gasteiger partial charge in [-0.25, -0.2) is 4.79 Å². The molecule has 2 N–H and O–H groups in total. The molecule has 25 heavy (non-hydrogen) atoms. The van der Waals surface area contributed by atoms with E-state index in [1.807, 2.05) is 0 Å². The molecule has 2 amide bonds. The number of rotatable bonds is 7. The second-order valence-electron chi connectivity index (χ2n) is 5.62. The minimum absolute atomic E-state index is 0.114. The molecule has 1 fully saturated rings. The third-order valence-electron chi connectivity index (χ3n) is 3.82. The van der Waals surface area contributed by atoms with E-state index in [-0.39, 0.29) is 16.6 Å². The highest BCUT2D eigenvalue weighted by atomic mass is 35.5. The fourth-order valence-electron chi connectivity index (χ4n) is 2.43. The smallest absolute Gasteiger partial charge is 0.326 e. The number of nitro benzene ring substituents is 1. The van der Waals surface area contributed by atoms with Crippen LogP contribution in [0.2, 0.25) is 5.02 Å². The van der Waals surface area contributed by atoms with Gasteiger partial charge in [0, 0.05) is 12.1 Å². The predicted molar refractivity (Wildman–Crippen MR) is 87.4 cm³/mol. The molecule has 0 bridgehead atoms. The molecule has 134 valence electrons. The number of nitro groups is 1. The molecule has 1 aromatic rings. The Morgan fingerprint density at radius 3 is 2.60 bits per heavy atom. The lowest BCUT2D eigenvalue weighted by Crippen LogP contribution is -2.48. The SMILES string of the molecule is CC(C(=O)O)N(C(=O)CNC(=O)c1c(Cl)cccc1[N+](=O)[O-])C1CC1. The van der Waals surface area contributed by atoms with Crippen molar-refractivity contribution in [2.75, 3.05) is 6.54 Å². The van der Waals surface area contributed by atoms with E-state index < -0.39 is 41.0 Å². The van der Waals surface area contributed by atoms with Gasteiger partial charge in [-0.3, -0.25) is 19.7 Å². The molecule has 1 aliphatic carbocycles. The molecular formula is C15H16ClN3O6. The lowest BCUT2D eigenvalue weighted by atomic mass is 10.1. The van der Waals surface area contributed by atoms with E-state index in [4.69, 9.17) is 16.7 Å². The maximum atomic E-state index is 12.3. The summed E-state index contributed by atoms with van der Waals surface area (Å²) in [5.74, 6) is -2.59. The maximum Gasteiger partial charge on any atom is 0.326 e. The number of halogens is 1. The first kappa shape index (κ1) is 18.7. The minimum Gasteiger partial charge on any atom is -0.480 e. The topological polar surface area (TPSA) is 130 Å². The molecule has 0 radical (unpaired) electrons. The summed E-state index contributed by atoms with van der Waals surface area (Å²) in [5, 5.41) is 22.3. The van der Waals surface area contributed by atoms with E-state index in [0.717, 1.165) is 6.07 Å². The zero-order valence-corrected chi connectivity index (χ0v) is 14.0. The van der Waals surface area contributed by atoms with Gasteiger partial charge in [0.15, 0.2) is 0 Å². The van der Waals surface area contributed by atoms with Gasteiger partial charge in [0.25, 0.3) is 11.6 Å². The Bertz CT molecular complexity index is 734. The monoisotopic (exact) mass is 369 g/mol. The summed E-state index contributed by atoms with van der Waals surface area (Å²) in [6, 6.07) is 2.61. The van der Waals surface area contributed by atoms with E-state index in [1.54, 1.807) is 0 Å². The Morgan fingerprint density at radius 2 is 2.08 bits per heavy atom. The third-order valence-corrected chi connectivity index (χ3v) is 4.13. The van der Waals surface area contributed by atoms with Crippen molar-refractivity contribution in [3.05, 3.63) is 38.9 Å². The van der Waals surface area contributed by atoms with Crippen LogP contribution in [0, 0.1) is 10.1 Å².